The van der Waals surface area contributed by atoms with Crippen LogP contribution in [0.1, 0.15) is 30.7 Å². The first-order valence-electron chi connectivity index (χ1n) is 6.22. The molecule has 0 spiro atoms. The zero-order valence-corrected chi connectivity index (χ0v) is 9.71. The Morgan fingerprint density at radius 2 is 2.18 bits per heavy atom. The summed E-state index contributed by atoms with van der Waals surface area (Å²) in [5, 5.41) is 4.25. The topological polar surface area (TPSA) is 25.2 Å². The van der Waals surface area contributed by atoms with Gasteiger partial charge in [0.25, 0.3) is 0 Å². The highest BCUT2D eigenvalue weighted by atomic mass is 19.1. The van der Waals surface area contributed by atoms with Gasteiger partial charge < -0.3 is 9.73 Å². The van der Waals surface area contributed by atoms with E-state index < -0.39 is 0 Å². The molecule has 2 nitrogen and oxygen atoms in total. The van der Waals surface area contributed by atoms with Crippen LogP contribution in [0.3, 0.4) is 0 Å². The van der Waals surface area contributed by atoms with Crippen LogP contribution in [0.15, 0.2) is 28.9 Å². The SMILES string of the molecule is Fc1cc(C2CCCNCC2)c2occc2c1. The van der Waals surface area contributed by atoms with Crippen molar-refractivity contribution < 1.29 is 8.81 Å². The molecular weight excluding hydrogens is 217 g/mol. The molecule has 1 atom stereocenters. The fourth-order valence-corrected chi connectivity index (χ4v) is 2.71. The van der Waals surface area contributed by atoms with Crippen LogP contribution < -0.4 is 5.32 Å². The molecule has 2 heterocycles. The zero-order chi connectivity index (χ0) is 11.7. The average molecular weight is 233 g/mol. The van der Waals surface area contributed by atoms with Crippen molar-refractivity contribution in [3.63, 3.8) is 0 Å². The molecule has 90 valence electrons. The zero-order valence-electron chi connectivity index (χ0n) is 9.71. The van der Waals surface area contributed by atoms with Crippen molar-refractivity contribution in [2.24, 2.45) is 0 Å². The third kappa shape index (κ3) is 2.07. The molecule has 0 saturated carbocycles. The van der Waals surface area contributed by atoms with Crippen LogP contribution in [0.25, 0.3) is 11.0 Å². The summed E-state index contributed by atoms with van der Waals surface area (Å²) in [6.07, 6.45) is 4.94. The van der Waals surface area contributed by atoms with Gasteiger partial charge in [-0.1, -0.05) is 0 Å². The van der Waals surface area contributed by atoms with Gasteiger partial charge in [0.15, 0.2) is 0 Å². The Kier molecular flexibility index (Phi) is 2.85. The lowest BCUT2D eigenvalue weighted by atomic mass is 9.91. The lowest BCUT2D eigenvalue weighted by Crippen LogP contribution is -2.13. The number of halogens is 1. The minimum atomic E-state index is -0.161. The molecule has 0 aliphatic carbocycles. The molecule has 1 aromatic carbocycles. The number of hydrogen-bond donors (Lipinski definition) is 1. The van der Waals surface area contributed by atoms with Crippen LogP contribution in [-0.2, 0) is 0 Å². The van der Waals surface area contributed by atoms with Crippen molar-refractivity contribution in [2.75, 3.05) is 13.1 Å². The summed E-state index contributed by atoms with van der Waals surface area (Å²) in [6.45, 7) is 2.07. The molecule has 1 aliphatic heterocycles. The smallest absolute Gasteiger partial charge is 0.137 e. The number of rotatable bonds is 1. The highest BCUT2D eigenvalue weighted by Crippen LogP contribution is 2.33. The Labute approximate surface area is 99.8 Å². The highest BCUT2D eigenvalue weighted by Gasteiger charge is 2.19. The summed E-state index contributed by atoms with van der Waals surface area (Å²) in [5.74, 6) is 0.250. The molecule has 2 aromatic rings. The van der Waals surface area contributed by atoms with Gasteiger partial charge in [0.2, 0.25) is 0 Å². The van der Waals surface area contributed by atoms with E-state index in [9.17, 15) is 4.39 Å². The van der Waals surface area contributed by atoms with E-state index >= 15 is 0 Å². The molecule has 1 aromatic heterocycles. The Balaban J connectivity index is 2.05. The molecule has 3 heteroatoms. The van der Waals surface area contributed by atoms with E-state index in [1.165, 1.54) is 6.07 Å². The van der Waals surface area contributed by atoms with Gasteiger partial charge in [0, 0.05) is 10.9 Å². The Hall–Kier alpha value is -1.35. The molecule has 0 amide bonds. The van der Waals surface area contributed by atoms with E-state index in [0.29, 0.717) is 5.92 Å². The van der Waals surface area contributed by atoms with E-state index in [1.54, 1.807) is 12.3 Å². The molecule has 1 fully saturated rings. The Morgan fingerprint density at radius 3 is 3.12 bits per heavy atom. The van der Waals surface area contributed by atoms with Crippen LogP contribution in [0.4, 0.5) is 4.39 Å². The summed E-state index contributed by atoms with van der Waals surface area (Å²) in [4.78, 5) is 0. The van der Waals surface area contributed by atoms with E-state index in [4.69, 9.17) is 4.42 Å². The second-order valence-electron chi connectivity index (χ2n) is 4.71. The van der Waals surface area contributed by atoms with Crippen LogP contribution in [-0.4, -0.2) is 13.1 Å². The maximum atomic E-state index is 13.6. The van der Waals surface area contributed by atoms with Crippen LogP contribution in [0, 0.1) is 5.82 Å². The van der Waals surface area contributed by atoms with Gasteiger partial charge in [0.05, 0.1) is 6.26 Å². The first kappa shape index (κ1) is 10.8. The molecule has 1 N–H and O–H groups in total. The van der Waals surface area contributed by atoms with E-state index in [-0.39, 0.29) is 5.82 Å². The van der Waals surface area contributed by atoms with Crippen LogP contribution >= 0.6 is 0 Å². The molecule has 1 saturated heterocycles. The van der Waals surface area contributed by atoms with Crippen LogP contribution in [0.2, 0.25) is 0 Å². The van der Waals surface area contributed by atoms with E-state index in [0.717, 1.165) is 48.9 Å². The Bertz CT molecular complexity index is 512. The van der Waals surface area contributed by atoms with E-state index in [1.807, 2.05) is 6.07 Å². The minimum absolute atomic E-state index is 0.161. The summed E-state index contributed by atoms with van der Waals surface area (Å²) < 4.78 is 19.1. The number of furan rings is 1. The van der Waals surface area contributed by atoms with Gasteiger partial charge in [-0.3, -0.25) is 0 Å². The van der Waals surface area contributed by atoms with Gasteiger partial charge in [0.1, 0.15) is 11.4 Å². The molecular formula is C14H16FNO. The number of hydrogen-bond acceptors (Lipinski definition) is 2. The molecule has 1 unspecified atom stereocenters. The first-order valence-corrected chi connectivity index (χ1v) is 6.22. The van der Waals surface area contributed by atoms with Gasteiger partial charge in [-0.15, -0.1) is 0 Å². The molecule has 1 aliphatic rings. The van der Waals surface area contributed by atoms with E-state index in [2.05, 4.69) is 5.32 Å². The normalized spacial score (nSPS) is 21.6. The fourth-order valence-electron chi connectivity index (χ4n) is 2.71. The Morgan fingerprint density at radius 1 is 1.24 bits per heavy atom. The third-order valence-corrected chi connectivity index (χ3v) is 3.56. The van der Waals surface area contributed by atoms with Crippen molar-refractivity contribution in [1.82, 2.24) is 5.32 Å². The monoisotopic (exact) mass is 233 g/mol. The largest absolute Gasteiger partial charge is 0.464 e. The van der Waals surface area contributed by atoms with Gasteiger partial charge >= 0.3 is 0 Å². The lowest BCUT2D eigenvalue weighted by molar-refractivity contribution is 0.566. The number of nitrogens with one attached hydrogen (secondary N) is 1. The summed E-state index contributed by atoms with van der Waals surface area (Å²) in [7, 11) is 0. The third-order valence-electron chi connectivity index (χ3n) is 3.56. The van der Waals surface area contributed by atoms with Gasteiger partial charge in [-0.05, 0) is 56.5 Å². The van der Waals surface area contributed by atoms with Crippen molar-refractivity contribution in [3.05, 3.63) is 35.8 Å². The van der Waals surface area contributed by atoms with Gasteiger partial charge in [-0.2, -0.15) is 0 Å². The minimum Gasteiger partial charge on any atom is -0.464 e. The molecule has 3 rings (SSSR count). The number of benzene rings is 1. The summed E-state index contributed by atoms with van der Waals surface area (Å²) in [5.41, 5.74) is 1.90. The highest BCUT2D eigenvalue weighted by molar-refractivity contribution is 5.81. The van der Waals surface area contributed by atoms with Crippen molar-refractivity contribution in [1.29, 1.82) is 0 Å². The molecule has 0 bridgehead atoms. The maximum absolute atomic E-state index is 13.6. The molecule has 0 radical (unpaired) electrons. The summed E-state index contributed by atoms with van der Waals surface area (Å²) in [6, 6.07) is 5.01. The fraction of sp³-hybridized carbons (Fsp3) is 0.429. The predicted molar refractivity (Wildman–Crippen MR) is 65.6 cm³/mol. The quantitative estimate of drug-likeness (QED) is 0.816. The second-order valence-corrected chi connectivity index (χ2v) is 4.71. The van der Waals surface area contributed by atoms with Crippen LogP contribution in [0.5, 0.6) is 0 Å². The summed E-state index contributed by atoms with van der Waals surface area (Å²) >= 11 is 0. The second kappa shape index (κ2) is 4.49. The average Bonchev–Trinajstić information content (AvgIpc) is 2.62. The van der Waals surface area contributed by atoms with Crippen molar-refractivity contribution in [3.8, 4) is 0 Å². The van der Waals surface area contributed by atoms with Crippen molar-refractivity contribution in [2.45, 2.75) is 25.2 Å². The molecule has 17 heavy (non-hydrogen) atoms. The maximum Gasteiger partial charge on any atom is 0.137 e. The van der Waals surface area contributed by atoms with Crippen molar-refractivity contribution >= 4 is 11.0 Å². The lowest BCUT2D eigenvalue weighted by Gasteiger charge is -2.14. The van der Waals surface area contributed by atoms with Gasteiger partial charge in [-0.25, -0.2) is 4.39 Å². The number of fused-ring (bicyclic) bond motifs is 1. The standard InChI is InChI=1S/C14H16FNO/c15-12-8-11-4-7-17-14(11)13(9-12)10-2-1-5-16-6-3-10/h4,7-10,16H,1-3,5-6H2. The first-order chi connectivity index (χ1) is 8.34. The predicted octanol–water partition coefficient (Wildman–Crippen LogP) is 3.43.